The van der Waals surface area contributed by atoms with Crippen molar-refractivity contribution in [2.75, 3.05) is 12.3 Å². The Morgan fingerprint density at radius 3 is 2.50 bits per heavy atom. The van der Waals surface area contributed by atoms with E-state index in [1.807, 2.05) is 0 Å². The molecule has 1 heterocycles. The summed E-state index contributed by atoms with van der Waals surface area (Å²) in [6.07, 6.45) is 0. The lowest BCUT2D eigenvalue weighted by molar-refractivity contribution is -0.575. The molecule has 0 spiro atoms. The van der Waals surface area contributed by atoms with Gasteiger partial charge in [-0.15, -0.1) is 0 Å². The van der Waals surface area contributed by atoms with Gasteiger partial charge < -0.3 is 0 Å². The third kappa shape index (κ3) is 1.50. The molecule has 1 aliphatic heterocycles. The van der Waals surface area contributed by atoms with Gasteiger partial charge in [-0.3, -0.25) is 4.79 Å². The maximum absolute atomic E-state index is 10.5. The van der Waals surface area contributed by atoms with Crippen LogP contribution in [-0.4, -0.2) is 31.4 Å². The van der Waals surface area contributed by atoms with Crippen molar-refractivity contribution < 1.29 is 18.1 Å². The van der Waals surface area contributed by atoms with Crippen LogP contribution in [0.3, 0.4) is 0 Å². The minimum absolute atomic E-state index is 0.00116. The molecule has 0 aromatic heterocycles. The lowest BCUT2D eigenvalue weighted by Gasteiger charge is -2.02. The number of nitroso groups, excluding NO2 is 1. The number of hydrazine groups is 1. The van der Waals surface area contributed by atoms with E-state index in [0.29, 0.717) is 0 Å². The highest BCUT2D eigenvalue weighted by Crippen LogP contribution is 1.92. The van der Waals surface area contributed by atoms with Crippen LogP contribution in [0.1, 0.15) is 0 Å². The molecule has 56 valence electrons. The molecule has 1 N–H and O–H groups in total. The molecule has 1 rings (SSSR count). The molecule has 1 saturated heterocycles. The quantitative estimate of drug-likeness (QED) is 0.428. The van der Waals surface area contributed by atoms with Crippen LogP contribution in [0.4, 0.5) is 0 Å². The zero-order valence-electron chi connectivity index (χ0n) is 4.90. The summed E-state index contributed by atoms with van der Waals surface area (Å²) in [4.78, 5) is 22.3. The zero-order valence-corrected chi connectivity index (χ0v) is 5.72. The lowest BCUT2D eigenvalue weighted by Crippen LogP contribution is -2.46. The predicted octanol–water partition coefficient (Wildman–Crippen LogP) is -1.82. The molecule has 6 nitrogen and oxygen atoms in total. The fraction of sp³-hybridized carbons (Fsp3) is 0.667. The Balaban J connectivity index is 2.89. The van der Waals surface area contributed by atoms with Crippen LogP contribution in [0.5, 0.6) is 0 Å². The topological polar surface area (TPSA) is 83.3 Å². The van der Waals surface area contributed by atoms with Gasteiger partial charge in [-0.05, 0) is 4.83 Å². The van der Waals surface area contributed by atoms with Crippen molar-refractivity contribution in [3.05, 3.63) is 4.91 Å². The Hall–Kier alpha value is -0.980. The average molecular weight is 165 g/mol. The summed E-state index contributed by atoms with van der Waals surface area (Å²) in [5, 5.41) is 0. The van der Waals surface area contributed by atoms with Gasteiger partial charge in [-0.1, -0.05) is 0 Å². The molecule has 0 radical (unpaired) electrons. The van der Waals surface area contributed by atoms with E-state index >= 15 is 0 Å². The number of hydrogen-bond acceptors (Lipinski definition) is 4. The molecule has 7 heteroatoms. The lowest BCUT2D eigenvalue weighted by atomic mass is 10.5. The fourth-order valence-corrected chi connectivity index (χ4v) is 1.59. The number of carbonyl (C=O) groups excluding carboxylic acids is 1. The Kier molecular flexibility index (Phi) is 1.43. The number of ketones is 1. The number of rotatable bonds is 0. The summed E-state index contributed by atoms with van der Waals surface area (Å²) in [5.74, 6) is -1.18. The fourth-order valence-electron chi connectivity index (χ4n) is 0.637. The molecular formula is C3H5N2O4S+. The van der Waals surface area contributed by atoms with E-state index in [2.05, 4.69) is 0 Å². The predicted molar refractivity (Wildman–Crippen MR) is 30.4 cm³/mol. The van der Waals surface area contributed by atoms with E-state index in [1.54, 1.807) is 4.83 Å². The highest BCUT2D eigenvalue weighted by Gasteiger charge is 2.33. The Morgan fingerprint density at radius 1 is 1.50 bits per heavy atom. The summed E-state index contributed by atoms with van der Waals surface area (Å²) in [5.41, 5.74) is 0. The van der Waals surface area contributed by atoms with Crippen LogP contribution in [0, 0.1) is 4.91 Å². The van der Waals surface area contributed by atoms with E-state index in [-0.39, 0.29) is 4.87 Å². The van der Waals surface area contributed by atoms with Gasteiger partial charge in [0.25, 0.3) is 16.6 Å². The van der Waals surface area contributed by atoms with Crippen molar-refractivity contribution in [2.45, 2.75) is 0 Å². The van der Waals surface area contributed by atoms with Gasteiger partial charge in [0.05, 0.1) is 4.91 Å². The van der Waals surface area contributed by atoms with E-state index in [4.69, 9.17) is 0 Å². The van der Waals surface area contributed by atoms with Crippen molar-refractivity contribution in [3.8, 4) is 0 Å². The Bertz CT molecular complexity index is 257. The first-order chi connectivity index (χ1) is 4.49. The second-order valence-electron chi connectivity index (χ2n) is 1.93. The van der Waals surface area contributed by atoms with Crippen LogP contribution in [-0.2, 0) is 14.8 Å². The van der Waals surface area contributed by atoms with Gasteiger partial charge >= 0.3 is 0 Å². The molecule has 1 aliphatic rings. The molecule has 1 fully saturated rings. The summed E-state index contributed by atoms with van der Waals surface area (Å²) < 4.78 is 21.0. The first-order valence-electron chi connectivity index (χ1n) is 2.46. The maximum Gasteiger partial charge on any atom is 0.288 e. The van der Waals surface area contributed by atoms with Crippen LogP contribution in [0.15, 0.2) is 0 Å². The highest BCUT2D eigenvalue weighted by molar-refractivity contribution is 7.90. The molecule has 0 bridgehead atoms. The molecular weight excluding hydrogens is 160 g/mol. The molecule has 10 heavy (non-hydrogen) atoms. The number of sulfonamides is 1. The summed E-state index contributed by atoms with van der Waals surface area (Å²) in [7, 11) is -3.67. The number of hydrogen-bond donors (Lipinski definition) is 1. The van der Waals surface area contributed by atoms with Gasteiger partial charge in [0.2, 0.25) is 5.78 Å². The minimum Gasteiger partial charge on any atom is -0.291 e. The number of Topliss-reactive ketones (excluding diaryl/α,β-unsaturated/α-hetero) is 1. The van der Waals surface area contributed by atoms with Gasteiger partial charge in [-0.2, -0.15) is 0 Å². The zero-order chi connectivity index (χ0) is 7.78. The van der Waals surface area contributed by atoms with E-state index < -0.39 is 28.1 Å². The van der Waals surface area contributed by atoms with Gasteiger partial charge in [0, 0.05) is 0 Å². The third-order valence-electron chi connectivity index (χ3n) is 0.912. The van der Waals surface area contributed by atoms with Gasteiger partial charge in [-0.25, -0.2) is 8.42 Å². The summed E-state index contributed by atoms with van der Waals surface area (Å²) in [6.45, 7) is -0.404. The van der Waals surface area contributed by atoms with Crippen molar-refractivity contribution in [1.29, 1.82) is 0 Å². The van der Waals surface area contributed by atoms with Crippen molar-refractivity contribution >= 4 is 15.8 Å². The number of carbonyl (C=O) groups is 1. The van der Waals surface area contributed by atoms with Crippen LogP contribution < -0.4 is 4.83 Å². The van der Waals surface area contributed by atoms with Crippen molar-refractivity contribution in [3.63, 3.8) is 0 Å². The van der Waals surface area contributed by atoms with Crippen LogP contribution in [0.25, 0.3) is 0 Å². The van der Waals surface area contributed by atoms with E-state index in [1.165, 1.54) is 0 Å². The van der Waals surface area contributed by atoms with Gasteiger partial charge in [0.1, 0.15) is 10.6 Å². The summed E-state index contributed by atoms with van der Waals surface area (Å²) >= 11 is 0. The molecule has 0 atom stereocenters. The normalized spacial score (nSPS) is 24.0. The van der Waals surface area contributed by atoms with E-state index in [9.17, 15) is 18.1 Å². The van der Waals surface area contributed by atoms with Crippen molar-refractivity contribution in [2.24, 2.45) is 0 Å². The minimum atomic E-state index is -3.67. The van der Waals surface area contributed by atoms with Gasteiger partial charge in [0.15, 0.2) is 0 Å². The second kappa shape index (κ2) is 2.01. The highest BCUT2D eigenvalue weighted by atomic mass is 32.2. The molecule has 0 amide bonds. The van der Waals surface area contributed by atoms with Crippen molar-refractivity contribution in [1.82, 2.24) is 4.83 Å². The third-order valence-corrected chi connectivity index (χ3v) is 2.10. The SMILES string of the molecule is O=C1C[N+](=O)NS(=O)(=O)C1. The smallest absolute Gasteiger partial charge is 0.288 e. The summed E-state index contributed by atoms with van der Waals surface area (Å²) in [6, 6.07) is 0. The van der Waals surface area contributed by atoms with Crippen LogP contribution >= 0.6 is 0 Å². The first-order valence-corrected chi connectivity index (χ1v) is 4.11. The Labute approximate surface area is 56.8 Å². The van der Waals surface area contributed by atoms with E-state index in [0.717, 1.165) is 0 Å². The largest absolute Gasteiger partial charge is 0.291 e. The molecule has 0 aromatic rings. The number of nitrogens with zero attached hydrogens (tertiary/aromatic N) is 1. The standard InChI is InChI=1S/C3H5N2O4S/c6-3-1-5(7)4-10(8,9)2-3/h1-2H2,(H,4,7)/q+1. The molecule has 0 aliphatic carbocycles. The first kappa shape index (κ1) is 7.13. The van der Waals surface area contributed by atoms with Crippen LogP contribution in [0.2, 0.25) is 0 Å². The number of nitrogens with one attached hydrogen (secondary N) is 1. The Morgan fingerprint density at radius 2 is 2.10 bits per heavy atom. The monoisotopic (exact) mass is 165 g/mol. The average Bonchev–Trinajstić information content (AvgIpc) is 1.54. The molecule has 0 saturated carbocycles. The second-order valence-corrected chi connectivity index (χ2v) is 3.63. The molecule has 0 unspecified atom stereocenters. The molecule has 0 aromatic carbocycles. The maximum atomic E-state index is 10.5.